The molecular weight excluding hydrogens is 202 g/mol. The van der Waals surface area contributed by atoms with E-state index in [0.29, 0.717) is 6.04 Å². The number of nitrogens with two attached hydrogens (primary N) is 1. The quantitative estimate of drug-likeness (QED) is 0.747. The lowest BCUT2D eigenvalue weighted by Gasteiger charge is -2.37. The fraction of sp³-hybridized carbons (Fsp3) is 0.917. The van der Waals surface area contributed by atoms with Crippen molar-refractivity contribution < 1.29 is 4.79 Å². The standard InChI is InChI=1S/C12H23N3O/c1-15(11-8-3-2-7-10(11)13)12(16)14-9-5-4-6-9/h9-11H,2-8,13H2,1H3,(H,14,16). The molecule has 0 aromatic heterocycles. The fourth-order valence-electron chi connectivity index (χ4n) is 2.60. The van der Waals surface area contributed by atoms with Crippen LogP contribution in [-0.2, 0) is 0 Å². The highest BCUT2D eigenvalue weighted by Gasteiger charge is 2.30. The normalized spacial score (nSPS) is 30.6. The van der Waals surface area contributed by atoms with Crippen LogP contribution in [0.25, 0.3) is 0 Å². The van der Waals surface area contributed by atoms with E-state index in [4.69, 9.17) is 5.73 Å². The molecule has 0 radical (unpaired) electrons. The minimum Gasteiger partial charge on any atom is -0.335 e. The molecule has 0 aromatic rings. The van der Waals surface area contributed by atoms with E-state index in [1.54, 1.807) is 0 Å². The summed E-state index contributed by atoms with van der Waals surface area (Å²) in [5.41, 5.74) is 6.07. The monoisotopic (exact) mass is 225 g/mol. The molecule has 2 aliphatic rings. The number of urea groups is 1. The minimum absolute atomic E-state index is 0.0621. The Labute approximate surface area is 97.6 Å². The summed E-state index contributed by atoms with van der Waals surface area (Å²) < 4.78 is 0. The summed E-state index contributed by atoms with van der Waals surface area (Å²) in [5.74, 6) is 0. The molecule has 2 saturated carbocycles. The van der Waals surface area contributed by atoms with Crippen LogP contribution in [0.1, 0.15) is 44.9 Å². The third kappa shape index (κ3) is 2.48. The highest BCUT2D eigenvalue weighted by molar-refractivity contribution is 5.74. The Kier molecular flexibility index (Phi) is 3.69. The van der Waals surface area contributed by atoms with Crippen molar-refractivity contribution in [2.75, 3.05) is 7.05 Å². The van der Waals surface area contributed by atoms with Gasteiger partial charge in [-0.05, 0) is 32.1 Å². The van der Waals surface area contributed by atoms with E-state index in [9.17, 15) is 4.79 Å². The van der Waals surface area contributed by atoms with Crippen LogP contribution in [-0.4, -0.2) is 36.1 Å². The molecular formula is C12H23N3O. The van der Waals surface area contributed by atoms with E-state index in [2.05, 4.69) is 5.32 Å². The third-order valence-corrected chi connectivity index (χ3v) is 4.03. The van der Waals surface area contributed by atoms with Gasteiger partial charge in [0, 0.05) is 25.2 Å². The van der Waals surface area contributed by atoms with Gasteiger partial charge >= 0.3 is 6.03 Å². The zero-order valence-corrected chi connectivity index (χ0v) is 10.1. The van der Waals surface area contributed by atoms with Gasteiger partial charge in [-0.15, -0.1) is 0 Å². The number of amides is 2. The molecule has 0 saturated heterocycles. The molecule has 0 aromatic carbocycles. The summed E-state index contributed by atoms with van der Waals surface area (Å²) in [6.07, 6.45) is 8.01. The second-order valence-corrected chi connectivity index (χ2v) is 5.20. The molecule has 2 atom stereocenters. The smallest absolute Gasteiger partial charge is 0.317 e. The Morgan fingerprint density at radius 3 is 2.44 bits per heavy atom. The maximum absolute atomic E-state index is 12.0. The van der Waals surface area contributed by atoms with Crippen LogP contribution >= 0.6 is 0 Å². The Hall–Kier alpha value is -0.770. The molecule has 2 rings (SSSR count). The first-order valence-corrected chi connectivity index (χ1v) is 6.47. The van der Waals surface area contributed by atoms with E-state index < -0.39 is 0 Å². The van der Waals surface area contributed by atoms with Crippen molar-refractivity contribution in [2.45, 2.75) is 63.1 Å². The van der Waals surface area contributed by atoms with E-state index >= 15 is 0 Å². The Balaban J connectivity index is 1.84. The van der Waals surface area contributed by atoms with Crippen molar-refractivity contribution in [1.82, 2.24) is 10.2 Å². The number of hydrogen-bond donors (Lipinski definition) is 2. The maximum Gasteiger partial charge on any atom is 0.317 e. The van der Waals surface area contributed by atoms with Crippen molar-refractivity contribution in [3.63, 3.8) is 0 Å². The molecule has 0 spiro atoms. The number of nitrogens with one attached hydrogen (secondary N) is 1. The lowest BCUT2D eigenvalue weighted by atomic mass is 9.90. The number of likely N-dealkylation sites (N-methyl/N-ethyl adjacent to an activating group) is 1. The van der Waals surface area contributed by atoms with Gasteiger partial charge in [-0.25, -0.2) is 4.79 Å². The molecule has 4 heteroatoms. The summed E-state index contributed by atoms with van der Waals surface area (Å²) in [6, 6.07) is 0.863. The fourth-order valence-corrected chi connectivity index (χ4v) is 2.60. The SMILES string of the molecule is CN(C(=O)NC1CCC1)C1CCCCC1N. The number of nitrogens with zero attached hydrogens (tertiary/aromatic N) is 1. The zero-order valence-electron chi connectivity index (χ0n) is 10.1. The molecule has 2 aliphatic carbocycles. The van der Waals surface area contributed by atoms with E-state index in [0.717, 1.165) is 25.7 Å². The van der Waals surface area contributed by atoms with Gasteiger partial charge in [-0.3, -0.25) is 0 Å². The van der Waals surface area contributed by atoms with Crippen molar-refractivity contribution >= 4 is 6.03 Å². The molecule has 2 amide bonds. The first kappa shape index (κ1) is 11.7. The van der Waals surface area contributed by atoms with E-state index in [1.165, 1.54) is 19.3 Å². The lowest BCUT2D eigenvalue weighted by Crippen LogP contribution is -2.55. The van der Waals surface area contributed by atoms with Gasteiger partial charge in [0.25, 0.3) is 0 Å². The molecule has 0 heterocycles. The predicted molar refractivity (Wildman–Crippen MR) is 64.2 cm³/mol. The second kappa shape index (κ2) is 5.04. The number of carbonyl (C=O) groups is 1. The van der Waals surface area contributed by atoms with Gasteiger partial charge in [0.05, 0.1) is 0 Å². The number of rotatable bonds is 2. The Bertz CT molecular complexity index is 253. The van der Waals surface area contributed by atoms with Crippen LogP contribution in [0.2, 0.25) is 0 Å². The number of hydrogen-bond acceptors (Lipinski definition) is 2. The topological polar surface area (TPSA) is 58.4 Å². The van der Waals surface area contributed by atoms with Crippen LogP contribution in [0.4, 0.5) is 4.79 Å². The van der Waals surface area contributed by atoms with Crippen molar-refractivity contribution in [3.8, 4) is 0 Å². The highest BCUT2D eigenvalue weighted by Crippen LogP contribution is 2.22. The van der Waals surface area contributed by atoms with Crippen molar-refractivity contribution in [3.05, 3.63) is 0 Å². The van der Waals surface area contributed by atoms with Crippen LogP contribution < -0.4 is 11.1 Å². The van der Waals surface area contributed by atoms with Gasteiger partial charge in [0.15, 0.2) is 0 Å². The average molecular weight is 225 g/mol. The van der Waals surface area contributed by atoms with E-state index in [-0.39, 0.29) is 18.1 Å². The predicted octanol–water partition coefficient (Wildman–Crippen LogP) is 1.45. The molecule has 2 unspecified atom stereocenters. The van der Waals surface area contributed by atoms with Crippen LogP contribution in [0.3, 0.4) is 0 Å². The van der Waals surface area contributed by atoms with Crippen molar-refractivity contribution in [1.29, 1.82) is 0 Å². The van der Waals surface area contributed by atoms with Gasteiger partial charge in [-0.2, -0.15) is 0 Å². The van der Waals surface area contributed by atoms with Crippen LogP contribution in [0, 0.1) is 0 Å². The van der Waals surface area contributed by atoms with Gasteiger partial charge < -0.3 is 16.0 Å². The minimum atomic E-state index is 0.0621. The molecule has 16 heavy (non-hydrogen) atoms. The zero-order chi connectivity index (χ0) is 11.5. The first-order valence-electron chi connectivity index (χ1n) is 6.47. The first-order chi connectivity index (χ1) is 7.68. The Morgan fingerprint density at radius 1 is 1.19 bits per heavy atom. The summed E-state index contributed by atoms with van der Waals surface area (Å²) >= 11 is 0. The van der Waals surface area contributed by atoms with Crippen LogP contribution in [0.15, 0.2) is 0 Å². The Morgan fingerprint density at radius 2 is 1.88 bits per heavy atom. The molecule has 4 nitrogen and oxygen atoms in total. The maximum atomic E-state index is 12.0. The molecule has 92 valence electrons. The molecule has 0 bridgehead atoms. The summed E-state index contributed by atoms with van der Waals surface area (Å²) in [4.78, 5) is 13.8. The van der Waals surface area contributed by atoms with E-state index in [1.807, 2.05) is 11.9 Å². The highest BCUT2D eigenvalue weighted by atomic mass is 16.2. The van der Waals surface area contributed by atoms with Gasteiger partial charge in [0.2, 0.25) is 0 Å². The molecule has 0 aliphatic heterocycles. The summed E-state index contributed by atoms with van der Waals surface area (Å²) in [6.45, 7) is 0. The molecule has 3 N–H and O–H groups in total. The summed E-state index contributed by atoms with van der Waals surface area (Å²) in [7, 11) is 1.88. The van der Waals surface area contributed by atoms with Gasteiger partial charge in [0.1, 0.15) is 0 Å². The molecule has 2 fully saturated rings. The largest absolute Gasteiger partial charge is 0.335 e. The third-order valence-electron chi connectivity index (χ3n) is 4.03. The van der Waals surface area contributed by atoms with Gasteiger partial charge in [-0.1, -0.05) is 12.8 Å². The lowest BCUT2D eigenvalue weighted by molar-refractivity contribution is 0.154. The van der Waals surface area contributed by atoms with Crippen molar-refractivity contribution in [2.24, 2.45) is 5.73 Å². The summed E-state index contributed by atoms with van der Waals surface area (Å²) in [5, 5.41) is 3.07. The second-order valence-electron chi connectivity index (χ2n) is 5.20. The average Bonchev–Trinajstić information content (AvgIpc) is 2.23. The number of carbonyl (C=O) groups excluding carboxylic acids is 1. The van der Waals surface area contributed by atoms with Crippen LogP contribution in [0.5, 0.6) is 0 Å².